The van der Waals surface area contributed by atoms with Gasteiger partial charge in [0.25, 0.3) is 11.8 Å². The summed E-state index contributed by atoms with van der Waals surface area (Å²) in [6.45, 7) is 4.03. The molecule has 3 aromatic rings. The highest BCUT2D eigenvalue weighted by Crippen LogP contribution is 2.30. The number of nitrogens with zero attached hydrogens (tertiary/aromatic N) is 1. The molecular formula is C28H31N3O4. The van der Waals surface area contributed by atoms with Crippen LogP contribution in [0.3, 0.4) is 0 Å². The van der Waals surface area contributed by atoms with E-state index < -0.39 is 0 Å². The van der Waals surface area contributed by atoms with E-state index in [9.17, 15) is 9.59 Å². The van der Waals surface area contributed by atoms with E-state index in [0.29, 0.717) is 23.4 Å². The van der Waals surface area contributed by atoms with E-state index in [1.165, 1.54) is 5.56 Å². The molecule has 0 bridgehead atoms. The van der Waals surface area contributed by atoms with Gasteiger partial charge in [0.1, 0.15) is 11.5 Å². The lowest BCUT2D eigenvalue weighted by molar-refractivity contribution is 0.0953. The van der Waals surface area contributed by atoms with E-state index in [0.717, 1.165) is 54.7 Å². The number of carbonyl (C=O) groups is 2. The van der Waals surface area contributed by atoms with Crippen molar-refractivity contribution in [1.82, 2.24) is 5.43 Å². The molecule has 0 saturated heterocycles. The highest BCUT2D eigenvalue weighted by Gasteiger charge is 2.28. The largest absolute Gasteiger partial charge is 0.497 e. The van der Waals surface area contributed by atoms with Gasteiger partial charge in [-0.1, -0.05) is 31.5 Å². The molecule has 2 N–H and O–H groups in total. The predicted molar refractivity (Wildman–Crippen MR) is 136 cm³/mol. The molecule has 0 spiro atoms. The second-order valence-corrected chi connectivity index (χ2v) is 8.69. The molecule has 0 atom stereocenters. The quantitative estimate of drug-likeness (QED) is 0.413. The molecule has 0 unspecified atom stereocenters. The lowest BCUT2D eigenvalue weighted by atomic mass is 9.93. The van der Waals surface area contributed by atoms with Gasteiger partial charge in [-0.2, -0.15) is 5.10 Å². The van der Waals surface area contributed by atoms with Crippen molar-refractivity contribution in [2.45, 2.75) is 52.4 Å². The van der Waals surface area contributed by atoms with Crippen molar-refractivity contribution in [2.75, 3.05) is 12.4 Å². The molecule has 2 amide bonds. The van der Waals surface area contributed by atoms with E-state index in [1.807, 2.05) is 31.2 Å². The number of aryl methyl sites for hydroxylation is 2. The molecule has 0 saturated carbocycles. The lowest BCUT2D eigenvalue weighted by Gasteiger charge is -2.13. The first-order valence-electron chi connectivity index (χ1n) is 12.0. The van der Waals surface area contributed by atoms with Crippen LogP contribution in [0.4, 0.5) is 5.69 Å². The van der Waals surface area contributed by atoms with Gasteiger partial charge in [-0.25, -0.2) is 5.43 Å². The zero-order valence-corrected chi connectivity index (χ0v) is 20.4. The minimum absolute atomic E-state index is 0.277. The van der Waals surface area contributed by atoms with Crippen molar-refractivity contribution in [3.05, 3.63) is 82.3 Å². The molecule has 0 fully saturated rings. The maximum absolute atomic E-state index is 13.0. The molecule has 7 nitrogen and oxygen atoms in total. The van der Waals surface area contributed by atoms with Gasteiger partial charge in [-0.3, -0.25) is 9.59 Å². The summed E-state index contributed by atoms with van der Waals surface area (Å²) in [5, 5.41) is 7.33. The van der Waals surface area contributed by atoms with Crippen LogP contribution in [0.15, 0.2) is 58.0 Å². The molecule has 0 radical (unpaired) electrons. The summed E-state index contributed by atoms with van der Waals surface area (Å²) < 4.78 is 11.2. The molecule has 35 heavy (non-hydrogen) atoms. The van der Waals surface area contributed by atoms with E-state index in [-0.39, 0.29) is 17.6 Å². The van der Waals surface area contributed by atoms with Crippen molar-refractivity contribution in [3.8, 4) is 5.75 Å². The number of hydrogen-bond acceptors (Lipinski definition) is 5. The number of fused-ring (bicyclic) bond motifs is 1. The Morgan fingerprint density at radius 3 is 2.63 bits per heavy atom. The average Bonchev–Trinajstić information content (AvgIpc) is 3.24. The van der Waals surface area contributed by atoms with Crippen LogP contribution in [0.25, 0.3) is 0 Å². The summed E-state index contributed by atoms with van der Waals surface area (Å²) >= 11 is 0. The van der Waals surface area contributed by atoms with Gasteiger partial charge in [-0.05, 0) is 68.5 Å². The number of benzene rings is 2. The maximum atomic E-state index is 13.0. The first-order valence-corrected chi connectivity index (χ1v) is 12.0. The Hall–Kier alpha value is -3.87. The standard InChI is InChI=1S/C28H31N3O4/c1-4-5-8-19-13-15-21(16-14-19)29-28(33)26-18(2)25-23(11-7-12-24(25)35-26)30-31-27(32)20-9-6-10-22(17-20)34-3/h6,9-10,13-17H,4-5,7-8,11-12H2,1-3H3,(H,29,33)(H,31,32)/b30-23+. The van der Waals surface area contributed by atoms with Crippen LogP contribution in [0, 0.1) is 6.92 Å². The Morgan fingerprint density at radius 2 is 1.89 bits per heavy atom. The number of methoxy groups -OCH3 is 1. The van der Waals surface area contributed by atoms with Crippen LogP contribution < -0.4 is 15.5 Å². The molecule has 0 aliphatic heterocycles. The van der Waals surface area contributed by atoms with Gasteiger partial charge in [0.15, 0.2) is 5.76 Å². The van der Waals surface area contributed by atoms with Crippen molar-refractivity contribution in [3.63, 3.8) is 0 Å². The van der Waals surface area contributed by atoms with Gasteiger partial charge in [0.05, 0.1) is 12.8 Å². The van der Waals surface area contributed by atoms with Crippen LogP contribution >= 0.6 is 0 Å². The third kappa shape index (κ3) is 5.62. The minimum atomic E-state index is -0.329. The third-order valence-corrected chi connectivity index (χ3v) is 6.19. The van der Waals surface area contributed by atoms with Crippen LogP contribution in [0.2, 0.25) is 0 Å². The molecule has 1 aliphatic carbocycles. The Balaban J connectivity index is 1.49. The number of rotatable bonds is 8. The highest BCUT2D eigenvalue weighted by molar-refractivity contribution is 6.09. The fourth-order valence-corrected chi connectivity index (χ4v) is 4.27. The number of carbonyl (C=O) groups excluding carboxylic acids is 2. The molecular weight excluding hydrogens is 442 g/mol. The topological polar surface area (TPSA) is 92.9 Å². The van der Waals surface area contributed by atoms with Crippen LogP contribution in [0.1, 0.15) is 76.0 Å². The van der Waals surface area contributed by atoms with Crippen LogP contribution in [0.5, 0.6) is 5.75 Å². The van der Waals surface area contributed by atoms with E-state index in [4.69, 9.17) is 9.15 Å². The molecule has 1 aromatic heterocycles. The molecule has 7 heteroatoms. The van der Waals surface area contributed by atoms with Crippen molar-refractivity contribution in [2.24, 2.45) is 5.10 Å². The summed E-state index contributed by atoms with van der Waals surface area (Å²) in [6.07, 6.45) is 5.56. The maximum Gasteiger partial charge on any atom is 0.291 e. The first kappa shape index (κ1) is 24.3. The number of ether oxygens (including phenoxy) is 1. The highest BCUT2D eigenvalue weighted by atomic mass is 16.5. The molecule has 2 aromatic carbocycles. The van der Waals surface area contributed by atoms with Crippen molar-refractivity contribution < 1.29 is 18.7 Å². The van der Waals surface area contributed by atoms with E-state index in [1.54, 1.807) is 31.4 Å². The SMILES string of the molecule is CCCCc1ccc(NC(=O)c2oc3c(c2C)/C(=N/NC(=O)c2cccc(OC)c2)CCC3)cc1. The van der Waals surface area contributed by atoms with Gasteiger partial charge in [0, 0.05) is 28.8 Å². The summed E-state index contributed by atoms with van der Waals surface area (Å²) in [4.78, 5) is 25.6. The summed E-state index contributed by atoms with van der Waals surface area (Å²) in [6, 6.07) is 14.8. The monoisotopic (exact) mass is 473 g/mol. The predicted octanol–water partition coefficient (Wildman–Crippen LogP) is 5.66. The van der Waals surface area contributed by atoms with Crippen LogP contribution in [-0.2, 0) is 12.8 Å². The van der Waals surface area contributed by atoms with E-state index in [2.05, 4.69) is 22.8 Å². The second-order valence-electron chi connectivity index (χ2n) is 8.69. The lowest BCUT2D eigenvalue weighted by Crippen LogP contribution is -2.22. The Bertz CT molecular complexity index is 1240. The van der Waals surface area contributed by atoms with Gasteiger partial charge < -0.3 is 14.5 Å². The third-order valence-electron chi connectivity index (χ3n) is 6.19. The Kier molecular flexibility index (Phi) is 7.65. The summed E-state index contributed by atoms with van der Waals surface area (Å²) in [5.41, 5.74) is 7.32. The fraction of sp³-hybridized carbons (Fsp3) is 0.321. The molecule has 1 heterocycles. The van der Waals surface area contributed by atoms with Gasteiger partial charge in [-0.15, -0.1) is 0 Å². The van der Waals surface area contributed by atoms with Crippen molar-refractivity contribution in [1.29, 1.82) is 0 Å². The summed E-state index contributed by atoms with van der Waals surface area (Å²) in [5.74, 6) is 0.979. The Labute approximate surface area is 205 Å². The van der Waals surface area contributed by atoms with E-state index >= 15 is 0 Å². The first-order chi connectivity index (χ1) is 17.0. The minimum Gasteiger partial charge on any atom is -0.497 e. The zero-order chi connectivity index (χ0) is 24.8. The number of unbranched alkanes of at least 4 members (excludes halogenated alkanes) is 1. The average molecular weight is 474 g/mol. The Morgan fingerprint density at radius 1 is 1.09 bits per heavy atom. The molecule has 182 valence electrons. The number of furan rings is 1. The number of anilines is 1. The number of amides is 2. The molecule has 4 rings (SSSR count). The van der Waals surface area contributed by atoms with Crippen molar-refractivity contribution >= 4 is 23.2 Å². The normalized spacial score (nSPS) is 13.9. The zero-order valence-electron chi connectivity index (χ0n) is 20.4. The summed E-state index contributed by atoms with van der Waals surface area (Å²) in [7, 11) is 1.55. The smallest absolute Gasteiger partial charge is 0.291 e. The number of hydrazone groups is 1. The number of nitrogens with one attached hydrogen (secondary N) is 2. The van der Waals surface area contributed by atoms with Crippen LogP contribution in [-0.4, -0.2) is 24.6 Å². The number of hydrogen-bond donors (Lipinski definition) is 2. The molecule has 1 aliphatic rings. The second kappa shape index (κ2) is 11.0. The fourth-order valence-electron chi connectivity index (χ4n) is 4.27. The van der Waals surface area contributed by atoms with Gasteiger partial charge >= 0.3 is 0 Å². The van der Waals surface area contributed by atoms with Gasteiger partial charge in [0.2, 0.25) is 0 Å².